The quantitative estimate of drug-likeness (QED) is 0.601. The van der Waals surface area contributed by atoms with Gasteiger partial charge in [-0.05, 0) is 30.3 Å². The molecule has 0 saturated heterocycles. The van der Waals surface area contributed by atoms with E-state index in [4.69, 9.17) is 15.9 Å². The maximum Gasteiger partial charge on any atom is 0.119 e. The van der Waals surface area contributed by atoms with E-state index in [1.54, 1.807) is 7.11 Å². The summed E-state index contributed by atoms with van der Waals surface area (Å²) in [6.45, 7) is 4.65. The Morgan fingerprint density at radius 2 is 2.22 bits per heavy atom. The molecule has 5 heteroatoms. The van der Waals surface area contributed by atoms with Crippen LogP contribution in [0.5, 0.6) is 5.75 Å². The van der Waals surface area contributed by atoms with Gasteiger partial charge in [-0.1, -0.05) is 22.9 Å². The Morgan fingerprint density at radius 1 is 1.50 bits per heavy atom. The summed E-state index contributed by atoms with van der Waals surface area (Å²) in [6.07, 6.45) is 0.607. The number of rotatable bonds is 7. The Morgan fingerprint density at radius 3 is 2.78 bits per heavy atom. The van der Waals surface area contributed by atoms with E-state index in [2.05, 4.69) is 27.8 Å². The highest BCUT2D eigenvalue weighted by Crippen LogP contribution is 2.23. The molecule has 4 nitrogen and oxygen atoms in total. The van der Waals surface area contributed by atoms with Gasteiger partial charge in [0.05, 0.1) is 12.9 Å². The molecule has 0 heterocycles. The average molecular weight is 314 g/mol. The van der Waals surface area contributed by atoms with Gasteiger partial charge in [0.25, 0.3) is 0 Å². The van der Waals surface area contributed by atoms with E-state index in [-0.39, 0.29) is 5.84 Å². The number of benzene rings is 1. The SMILES string of the molecule is CCN(CCC(=N)N)Cc1cc(OC)ccc1Br. The molecule has 0 aromatic heterocycles. The Hall–Kier alpha value is -1.07. The number of nitrogens with two attached hydrogens (primary N) is 1. The molecule has 0 saturated carbocycles. The van der Waals surface area contributed by atoms with Crippen LogP contribution in [-0.4, -0.2) is 30.9 Å². The third-order valence-electron chi connectivity index (χ3n) is 2.79. The third-order valence-corrected chi connectivity index (χ3v) is 3.57. The summed E-state index contributed by atoms with van der Waals surface area (Å²) >= 11 is 3.55. The number of nitrogens with one attached hydrogen (secondary N) is 1. The second kappa shape index (κ2) is 7.38. The van der Waals surface area contributed by atoms with Crippen molar-refractivity contribution in [3.05, 3.63) is 28.2 Å². The Labute approximate surface area is 117 Å². The maximum atomic E-state index is 7.27. The zero-order chi connectivity index (χ0) is 13.5. The average Bonchev–Trinajstić information content (AvgIpc) is 2.36. The van der Waals surface area contributed by atoms with E-state index in [1.165, 1.54) is 5.56 Å². The molecule has 0 aliphatic carbocycles. The summed E-state index contributed by atoms with van der Waals surface area (Å²) in [5.41, 5.74) is 6.57. The van der Waals surface area contributed by atoms with Gasteiger partial charge < -0.3 is 10.5 Å². The number of ether oxygens (including phenoxy) is 1. The minimum absolute atomic E-state index is 0.234. The first kappa shape index (κ1) is 15.0. The fourth-order valence-electron chi connectivity index (χ4n) is 1.67. The van der Waals surface area contributed by atoms with Crippen LogP contribution in [0.15, 0.2) is 22.7 Å². The normalized spacial score (nSPS) is 10.7. The fourth-order valence-corrected chi connectivity index (χ4v) is 2.04. The molecule has 0 fully saturated rings. The Balaban J connectivity index is 2.71. The molecule has 100 valence electrons. The van der Waals surface area contributed by atoms with Gasteiger partial charge in [-0.15, -0.1) is 0 Å². The van der Waals surface area contributed by atoms with Crippen molar-refractivity contribution in [2.75, 3.05) is 20.2 Å². The highest BCUT2D eigenvalue weighted by Gasteiger charge is 2.08. The smallest absolute Gasteiger partial charge is 0.119 e. The van der Waals surface area contributed by atoms with E-state index in [0.717, 1.165) is 29.9 Å². The highest BCUT2D eigenvalue weighted by molar-refractivity contribution is 9.10. The fraction of sp³-hybridized carbons (Fsp3) is 0.462. The second-order valence-corrected chi connectivity index (χ2v) is 4.96. The lowest BCUT2D eigenvalue weighted by molar-refractivity contribution is 0.287. The van der Waals surface area contributed by atoms with Gasteiger partial charge in [0.15, 0.2) is 0 Å². The number of nitrogens with zero attached hydrogens (tertiary/aromatic N) is 1. The summed E-state index contributed by atoms with van der Waals surface area (Å²) < 4.78 is 6.30. The van der Waals surface area contributed by atoms with Crippen LogP contribution >= 0.6 is 15.9 Å². The summed E-state index contributed by atoms with van der Waals surface area (Å²) in [5.74, 6) is 1.09. The number of methoxy groups -OCH3 is 1. The number of hydrogen-bond donors (Lipinski definition) is 2. The second-order valence-electron chi connectivity index (χ2n) is 4.10. The maximum absolute atomic E-state index is 7.27. The van der Waals surface area contributed by atoms with Crippen molar-refractivity contribution >= 4 is 21.8 Å². The van der Waals surface area contributed by atoms with Crippen LogP contribution in [0.4, 0.5) is 0 Å². The summed E-state index contributed by atoms with van der Waals surface area (Å²) in [7, 11) is 1.67. The standard InChI is InChI=1S/C13H20BrN3O/c1-3-17(7-6-13(15)16)9-10-8-11(18-2)4-5-12(10)14/h4-5,8H,3,6-7,9H2,1-2H3,(H3,15,16). The van der Waals surface area contributed by atoms with Gasteiger partial charge in [0.2, 0.25) is 0 Å². The summed E-state index contributed by atoms with van der Waals surface area (Å²) in [4.78, 5) is 2.25. The molecule has 1 rings (SSSR count). The number of halogens is 1. The molecule has 0 aliphatic heterocycles. The largest absolute Gasteiger partial charge is 0.497 e. The predicted octanol–water partition coefficient (Wildman–Crippen LogP) is 2.61. The molecule has 0 aliphatic rings. The minimum atomic E-state index is 0.234. The zero-order valence-electron chi connectivity index (χ0n) is 10.9. The van der Waals surface area contributed by atoms with E-state index >= 15 is 0 Å². The van der Waals surface area contributed by atoms with E-state index in [0.29, 0.717) is 6.42 Å². The van der Waals surface area contributed by atoms with Crippen LogP contribution in [0.3, 0.4) is 0 Å². The minimum Gasteiger partial charge on any atom is -0.497 e. The van der Waals surface area contributed by atoms with E-state index in [1.807, 2.05) is 18.2 Å². The van der Waals surface area contributed by atoms with Gasteiger partial charge in [-0.25, -0.2) is 0 Å². The summed E-state index contributed by atoms with van der Waals surface area (Å²) in [6, 6.07) is 5.95. The first-order valence-electron chi connectivity index (χ1n) is 5.94. The highest BCUT2D eigenvalue weighted by atomic mass is 79.9. The number of hydrogen-bond acceptors (Lipinski definition) is 3. The molecule has 0 unspecified atom stereocenters. The lowest BCUT2D eigenvalue weighted by Crippen LogP contribution is -2.27. The first-order valence-corrected chi connectivity index (χ1v) is 6.73. The van der Waals surface area contributed by atoms with Crippen molar-refractivity contribution in [1.82, 2.24) is 4.90 Å². The monoisotopic (exact) mass is 313 g/mol. The van der Waals surface area contributed by atoms with E-state index in [9.17, 15) is 0 Å². The van der Waals surface area contributed by atoms with Crippen molar-refractivity contribution in [1.29, 1.82) is 5.41 Å². The Kier molecular flexibility index (Phi) is 6.15. The molecule has 0 amide bonds. The van der Waals surface area contributed by atoms with Crippen molar-refractivity contribution in [2.45, 2.75) is 19.9 Å². The van der Waals surface area contributed by atoms with Crippen LogP contribution < -0.4 is 10.5 Å². The lowest BCUT2D eigenvalue weighted by Gasteiger charge is -2.21. The van der Waals surface area contributed by atoms with Gasteiger partial charge in [-0.3, -0.25) is 10.3 Å². The first-order chi connectivity index (χ1) is 8.56. The molecule has 1 aromatic carbocycles. The van der Waals surface area contributed by atoms with Crippen molar-refractivity contribution in [3.8, 4) is 5.75 Å². The van der Waals surface area contributed by atoms with Crippen molar-refractivity contribution < 1.29 is 4.74 Å². The molecule has 3 N–H and O–H groups in total. The van der Waals surface area contributed by atoms with Crippen molar-refractivity contribution in [3.63, 3.8) is 0 Å². The topological polar surface area (TPSA) is 62.3 Å². The molecule has 0 atom stereocenters. The van der Waals surface area contributed by atoms with Gasteiger partial charge >= 0.3 is 0 Å². The summed E-state index contributed by atoms with van der Waals surface area (Å²) in [5, 5.41) is 7.27. The van der Waals surface area contributed by atoms with Gasteiger partial charge in [0.1, 0.15) is 5.75 Å². The molecule has 0 bridgehead atoms. The van der Waals surface area contributed by atoms with E-state index < -0.39 is 0 Å². The van der Waals surface area contributed by atoms with Crippen LogP contribution in [0, 0.1) is 5.41 Å². The lowest BCUT2D eigenvalue weighted by atomic mass is 10.2. The van der Waals surface area contributed by atoms with Crippen LogP contribution in [0.1, 0.15) is 18.9 Å². The van der Waals surface area contributed by atoms with Gasteiger partial charge in [-0.2, -0.15) is 0 Å². The molecule has 18 heavy (non-hydrogen) atoms. The van der Waals surface area contributed by atoms with Gasteiger partial charge in [0, 0.05) is 24.0 Å². The molecule has 0 radical (unpaired) electrons. The number of amidine groups is 1. The van der Waals surface area contributed by atoms with Crippen molar-refractivity contribution in [2.24, 2.45) is 5.73 Å². The van der Waals surface area contributed by atoms with Crippen LogP contribution in [0.2, 0.25) is 0 Å². The molecule has 1 aromatic rings. The molecular weight excluding hydrogens is 294 g/mol. The van der Waals surface area contributed by atoms with Crippen LogP contribution in [-0.2, 0) is 6.54 Å². The third kappa shape index (κ3) is 4.66. The zero-order valence-corrected chi connectivity index (χ0v) is 12.5. The molecular formula is C13H20BrN3O. The predicted molar refractivity (Wildman–Crippen MR) is 78.2 cm³/mol. The van der Waals surface area contributed by atoms with Crippen LogP contribution in [0.25, 0.3) is 0 Å². The Bertz CT molecular complexity index is 409. The molecule has 0 spiro atoms.